The summed E-state index contributed by atoms with van der Waals surface area (Å²) in [7, 11) is 0. The average Bonchev–Trinajstić information content (AvgIpc) is 2.62. The van der Waals surface area contributed by atoms with Crippen molar-refractivity contribution in [3.8, 4) is 0 Å². The molecule has 0 saturated heterocycles. The molecule has 6 heteroatoms. The summed E-state index contributed by atoms with van der Waals surface area (Å²) in [6.07, 6.45) is 3.40. The van der Waals surface area contributed by atoms with Gasteiger partial charge in [-0.15, -0.1) is 12.4 Å². The van der Waals surface area contributed by atoms with E-state index in [1.54, 1.807) is 0 Å². The van der Waals surface area contributed by atoms with Crippen LogP contribution in [0.4, 0.5) is 0 Å². The molecule has 1 fully saturated rings. The third-order valence-corrected chi connectivity index (χ3v) is 2.81. The number of carbonyl (C=O) groups is 2. The quantitative estimate of drug-likeness (QED) is 0.683. The van der Waals surface area contributed by atoms with Crippen molar-refractivity contribution in [3.63, 3.8) is 0 Å². The van der Waals surface area contributed by atoms with Crippen LogP contribution in [-0.4, -0.2) is 29.9 Å². The van der Waals surface area contributed by atoms with Crippen molar-refractivity contribution < 1.29 is 9.59 Å². The van der Waals surface area contributed by atoms with Crippen LogP contribution in [0.5, 0.6) is 0 Å². The van der Waals surface area contributed by atoms with Crippen molar-refractivity contribution in [2.45, 2.75) is 51.1 Å². The number of hydrogen-bond acceptors (Lipinski definition) is 3. The Hall–Kier alpha value is -0.810. The predicted octanol–water partition coefficient (Wildman–Crippen LogP) is 0.320. The Kier molecular flexibility index (Phi) is 6.49. The van der Waals surface area contributed by atoms with Crippen LogP contribution in [0, 0.1) is 0 Å². The third kappa shape index (κ3) is 4.91. The molecule has 5 nitrogen and oxygen atoms in total. The van der Waals surface area contributed by atoms with Gasteiger partial charge in [0.1, 0.15) is 0 Å². The zero-order valence-corrected chi connectivity index (χ0v) is 11.2. The van der Waals surface area contributed by atoms with E-state index in [0.717, 1.165) is 12.8 Å². The Bertz CT molecular complexity index is 276. The minimum absolute atomic E-state index is 0. The van der Waals surface area contributed by atoms with Crippen molar-refractivity contribution in [2.75, 3.05) is 6.54 Å². The van der Waals surface area contributed by atoms with Gasteiger partial charge in [-0.3, -0.25) is 9.59 Å². The number of halogens is 1. The second kappa shape index (κ2) is 6.81. The van der Waals surface area contributed by atoms with Crippen LogP contribution in [0.1, 0.15) is 39.5 Å². The molecule has 0 radical (unpaired) electrons. The van der Waals surface area contributed by atoms with Crippen LogP contribution in [-0.2, 0) is 9.59 Å². The summed E-state index contributed by atoms with van der Waals surface area (Å²) in [4.78, 5) is 23.1. The van der Waals surface area contributed by atoms with E-state index in [1.165, 1.54) is 0 Å². The van der Waals surface area contributed by atoms with Crippen LogP contribution in [0.15, 0.2) is 0 Å². The Morgan fingerprint density at radius 3 is 2.29 bits per heavy atom. The fraction of sp³-hybridized carbons (Fsp3) is 0.818. The third-order valence-electron chi connectivity index (χ3n) is 2.81. The number of hydrogen-bond donors (Lipinski definition) is 3. The van der Waals surface area contributed by atoms with E-state index < -0.39 is 5.54 Å². The molecule has 100 valence electrons. The highest BCUT2D eigenvalue weighted by atomic mass is 35.5. The van der Waals surface area contributed by atoms with Gasteiger partial charge in [0.05, 0.1) is 12.1 Å². The molecule has 4 N–H and O–H groups in total. The van der Waals surface area contributed by atoms with Crippen LogP contribution in [0.2, 0.25) is 0 Å². The van der Waals surface area contributed by atoms with Gasteiger partial charge >= 0.3 is 0 Å². The minimum Gasteiger partial charge on any atom is -0.352 e. The van der Waals surface area contributed by atoms with Gasteiger partial charge in [-0.1, -0.05) is 12.8 Å². The van der Waals surface area contributed by atoms with Gasteiger partial charge in [-0.05, 0) is 26.7 Å². The van der Waals surface area contributed by atoms with Crippen molar-refractivity contribution in [2.24, 2.45) is 5.73 Å². The molecule has 0 unspecified atom stereocenters. The first kappa shape index (κ1) is 16.2. The van der Waals surface area contributed by atoms with E-state index in [-0.39, 0.29) is 36.8 Å². The summed E-state index contributed by atoms with van der Waals surface area (Å²) in [6.45, 7) is 3.76. The SMILES string of the molecule is CC(C)NC(=O)CNC(=O)C1(N)CCCC1.Cl. The largest absolute Gasteiger partial charge is 0.352 e. The van der Waals surface area contributed by atoms with E-state index in [2.05, 4.69) is 10.6 Å². The molecular weight excluding hydrogens is 242 g/mol. The van der Waals surface area contributed by atoms with Gasteiger partial charge in [0.2, 0.25) is 11.8 Å². The molecule has 0 aliphatic heterocycles. The molecule has 1 aliphatic carbocycles. The molecule has 0 aromatic carbocycles. The number of nitrogens with one attached hydrogen (secondary N) is 2. The topological polar surface area (TPSA) is 84.2 Å². The lowest BCUT2D eigenvalue weighted by atomic mass is 9.98. The van der Waals surface area contributed by atoms with Gasteiger partial charge in [0, 0.05) is 6.04 Å². The lowest BCUT2D eigenvalue weighted by Gasteiger charge is -2.22. The monoisotopic (exact) mass is 263 g/mol. The maximum absolute atomic E-state index is 11.7. The van der Waals surface area contributed by atoms with E-state index in [0.29, 0.717) is 12.8 Å². The molecule has 0 spiro atoms. The zero-order valence-electron chi connectivity index (χ0n) is 10.4. The minimum atomic E-state index is -0.752. The molecule has 1 saturated carbocycles. The van der Waals surface area contributed by atoms with E-state index in [1.807, 2.05) is 13.8 Å². The molecule has 0 atom stereocenters. The summed E-state index contributed by atoms with van der Waals surface area (Å²) in [5.74, 6) is -0.381. The molecular formula is C11H22ClN3O2. The molecule has 17 heavy (non-hydrogen) atoms. The van der Waals surface area contributed by atoms with Crippen LogP contribution in [0.25, 0.3) is 0 Å². The van der Waals surface area contributed by atoms with Gasteiger partial charge in [0.15, 0.2) is 0 Å². The Morgan fingerprint density at radius 1 is 1.29 bits per heavy atom. The molecule has 0 aromatic heterocycles. The summed E-state index contributed by atoms with van der Waals surface area (Å²) in [6, 6.07) is 0.0859. The molecule has 1 aliphatic rings. The number of nitrogens with two attached hydrogens (primary N) is 1. The fourth-order valence-corrected chi connectivity index (χ4v) is 1.94. The molecule has 1 rings (SSSR count). The highest BCUT2D eigenvalue weighted by Gasteiger charge is 2.36. The fourth-order valence-electron chi connectivity index (χ4n) is 1.94. The van der Waals surface area contributed by atoms with Crippen molar-refractivity contribution >= 4 is 24.2 Å². The van der Waals surface area contributed by atoms with Gasteiger partial charge in [0.25, 0.3) is 0 Å². The summed E-state index contributed by atoms with van der Waals surface area (Å²) >= 11 is 0. The lowest BCUT2D eigenvalue weighted by Crippen LogP contribution is -2.53. The Labute approximate surface area is 108 Å². The van der Waals surface area contributed by atoms with Gasteiger partial charge in [-0.25, -0.2) is 0 Å². The van der Waals surface area contributed by atoms with Gasteiger partial charge in [-0.2, -0.15) is 0 Å². The van der Waals surface area contributed by atoms with Crippen LogP contribution >= 0.6 is 12.4 Å². The first-order valence-electron chi connectivity index (χ1n) is 5.80. The number of amides is 2. The first-order valence-corrected chi connectivity index (χ1v) is 5.80. The van der Waals surface area contributed by atoms with Crippen molar-refractivity contribution in [1.82, 2.24) is 10.6 Å². The second-order valence-electron chi connectivity index (χ2n) is 4.77. The summed E-state index contributed by atoms with van der Waals surface area (Å²) in [5.41, 5.74) is 5.19. The van der Waals surface area contributed by atoms with Crippen LogP contribution in [0.3, 0.4) is 0 Å². The molecule has 2 amide bonds. The lowest BCUT2D eigenvalue weighted by molar-refractivity contribution is -0.129. The number of carbonyl (C=O) groups excluding carboxylic acids is 2. The molecule has 0 heterocycles. The maximum atomic E-state index is 11.7. The molecule has 0 bridgehead atoms. The van der Waals surface area contributed by atoms with Crippen LogP contribution < -0.4 is 16.4 Å². The van der Waals surface area contributed by atoms with Crippen molar-refractivity contribution in [1.29, 1.82) is 0 Å². The van der Waals surface area contributed by atoms with E-state index in [9.17, 15) is 9.59 Å². The highest BCUT2D eigenvalue weighted by Crippen LogP contribution is 2.26. The van der Waals surface area contributed by atoms with Gasteiger partial charge < -0.3 is 16.4 Å². The van der Waals surface area contributed by atoms with Crippen molar-refractivity contribution in [3.05, 3.63) is 0 Å². The second-order valence-corrected chi connectivity index (χ2v) is 4.77. The Morgan fingerprint density at radius 2 is 1.82 bits per heavy atom. The van der Waals surface area contributed by atoms with E-state index in [4.69, 9.17) is 5.73 Å². The smallest absolute Gasteiger partial charge is 0.240 e. The normalized spacial score (nSPS) is 17.4. The first-order chi connectivity index (χ1) is 7.44. The van der Waals surface area contributed by atoms with E-state index >= 15 is 0 Å². The molecule has 0 aromatic rings. The Balaban J connectivity index is 0.00000256. The maximum Gasteiger partial charge on any atom is 0.240 e. The predicted molar refractivity (Wildman–Crippen MR) is 68.9 cm³/mol. The standard InChI is InChI=1S/C11H21N3O2.ClH/c1-8(2)14-9(15)7-13-10(16)11(12)5-3-4-6-11;/h8H,3-7,12H2,1-2H3,(H,13,16)(H,14,15);1H. The average molecular weight is 264 g/mol. The number of rotatable bonds is 4. The summed E-state index contributed by atoms with van der Waals surface area (Å²) in [5, 5.41) is 5.30. The highest BCUT2D eigenvalue weighted by molar-refractivity contribution is 5.90. The summed E-state index contributed by atoms with van der Waals surface area (Å²) < 4.78 is 0. The zero-order chi connectivity index (χ0) is 12.2.